The fourth-order valence-electron chi connectivity index (χ4n) is 7.49. The van der Waals surface area contributed by atoms with E-state index in [-0.39, 0.29) is 16.9 Å². The van der Waals surface area contributed by atoms with Gasteiger partial charge in [0, 0.05) is 19.6 Å². The van der Waals surface area contributed by atoms with Gasteiger partial charge in [-0.15, -0.1) is 0 Å². The van der Waals surface area contributed by atoms with E-state index in [1.807, 2.05) is 0 Å². The maximum absolute atomic E-state index is 12.3. The molecule has 1 heterocycles. The minimum absolute atomic E-state index is 0.0488. The quantitative estimate of drug-likeness (QED) is 0.586. The second-order valence-electron chi connectivity index (χ2n) is 11.6. The largest absolute Gasteiger partial charge is 0.508 e. The van der Waals surface area contributed by atoms with Gasteiger partial charge < -0.3 is 19.3 Å². The van der Waals surface area contributed by atoms with Gasteiger partial charge in [0.25, 0.3) is 0 Å². The molecule has 3 saturated carbocycles. The molecule has 32 heavy (non-hydrogen) atoms. The summed E-state index contributed by atoms with van der Waals surface area (Å²) in [7, 11) is 0. The van der Waals surface area contributed by atoms with Crippen LogP contribution in [0.4, 0.5) is 4.79 Å². The van der Waals surface area contributed by atoms with Gasteiger partial charge in [-0.1, -0.05) is 27.2 Å². The Hall–Kier alpha value is -0.850. The van der Waals surface area contributed by atoms with Crippen LogP contribution in [-0.4, -0.2) is 67.3 Å². The molecule has 0 bridgehead atoms. The zero-order chi connectivity index (χ0) is 22.8. The van der Waals surface area contributed by atoms with E-state index in [1.54, 1.807) is 0 Å². The summed E-state index contributed by atoms with van der Waals surface area (Å²) in [6.45, 7) is 11.4. The van der Waals surface area contributed by atoms with Crippen LogP contribution in [0.2, 0.25) is 0 Å². The topological polar surface area (TPSA) is 68.2 Å². The molecule has 6 atom stereocenters. The average Bonchev–Trinajstić information content (AvgIpc) is 3.10. The highest BCUT2D eigenvalue weighted by Crippen LogP contribution is 2.62. The summed E-state index contributed by atoms with van der Waals surface area (Å²) in [6.07, 6.45) is 10.0. The molecule has 6 heteroatoms. The first kappa shape index (κ1) is 24.3. The Morgan fingerprint density at radius 2 is 1.91 bits per heavy atom. The second-order valence-corrected chi connectivity index (χ2v) is 11.6. The van der Waals surface area contributed by atoms with Crippen molar-refractivity contribution in [1.82, 2.24) is 4.90 Å². The van der Waals surface area contributed by atoms with Crippen LogP contribution in [0.15, 0.2) is 0 Å². The minimum atomic E-state index is -0.518. The third-order valence-electron chi connectivity index (χ3n) is 9.98. The van der Waals surface area contributed by atoms with Crippen molar-refractivity contribution in [2.45, 2.75) is 96.7 Å². The lowest BCUT2D eigenvalue weighted by Crippen LogP contribution is -2.52. The van der Waals surface area contributed by atoms with Crippen molar-refractivity contribution in [2.75, 3.05) is 39.5 Å². The molecule has 0 aromatic carbocycles. The highest BCUT2D eigenvalue weighted by molar-refractivity contribution is 5.60. The molecular weight excluding hydrogens is 406 g/mol. The van der Waals surface area contributed by atoms with E-state index >= 15 is 0 Å². The van der Waals surface area contributed by atoms with Crippen LogP contribution in [-0.2, 0) is 14.2 Å². The van der Waals surface area contributed by atoms with Gasteiger partial charge in [-0.25, -0.2) is 4.79 Å². The van der Waals surface area contributed by atoms with Gasteiger partial charge in [-0.2, -0.15) is 0 Å². The molecule has 0 aromatic rings. The molecule has 1 N–H and O–H groups in total. The maximum atomic E-state index is 12.3. The van der Waals surface area contributed by atoms with Gasteiger partial charge >= 0.3 is 6.16 Å². The number of carbonyl (C=O) groups excluding carboxylic acids is 1. The molecule has 3 aliphatic carbocycles. The summed E-state index contributed by atoms with van der Waals surface area (Å²) in [6, 6.07) is 0. The first-order chi connectivity index (χ1) is 15.3. The van der Waals surface area contributed by atoms with Gasteiger partial charge in [-0.3, -0.25) is 4.90 Å². The molecule has 4 rings (SSSR count). The van der Waals surface area contributed by atoms with Crippen molar-refractivity contribution in [2.24, 2.45) is 22.7 Å². The molecule has 0 spiro atoms. The lowest BCUT2D eigenvalue weighted by molar-refractivity contribution is -0.137. The summed E-state index contributed by atoms with van der Waals surface area (Å²) in [4.78, 5) is 14.5. The van der Waals surface area contributed by atoms with E-state index in [2.05, 4.69) is 25.7 Å². The van der Waals surface area contributed by atoms with Crippen LogP contribution in [0.3, 0.4) is 0 Å². The lowest BCUT2D eigenvalue weighted by atomic mass is 9.52. The Balaban J connectivity index is 1.27. The highest BCUT2D eigenvalue weighted by atomic mass is 16.7. The van der Waals surface area contributed by atoms with E-state index in [4.69, 9.17) is 14.2 Å². The summed E-state index contributed by atoms with van der Waals surface area (Å²) < 4.78 is 16.5. The highest BCUT2D eigenvalue weighted by Gasteiger charge is 2.57. The third kappa shape index (κ3) is 4.83. The zero-order valence-corrected chi connectivity index (χ0v) is 20.6. The van der Waals surface area contributed by atoms with Crippen LogP contribution in [0.25, 0.3) is 0 Å². The standard InChI is InChI=1S/C26H45NO5/c1-4-20-18-22(32-23(28)31-17-14-27-12-15-30-16-13-27)7-11-25(20,3)21-6-10-24(2)8-5-9-26(24,29)19-21/h20-22,29H,4-19H2,1-3H3/t20-,21+,22+,24+,25+,26+/m1/s1. The Kier molecular flexibility index (Phi) is 7.43. The number of hydrogen-bond acceptors (Lipinski definition) is 6. The summed E-state index contributed by atoms with van der Waals surface area (Å²) in [5.74, 6) is 1.08. The summed E-state index contributed by atoms with van der Waals surface area (Å²) >= 11 is 0. The molecule has 0 amide bonds. The van der Waals surface area contributed by atoms with Crippen molar-refractivity contribution < 1.29 is 24.1 Å². The normalized spacial score (nSPS) is 42.9. The Morgan fingerprint density at radius 3 is 2.66 bits per heavy atom. The van der Waals surface area contributed by atoms with Crippen molar-refractivity contribution >= 4 is 6.16 Å². The molecular formula is C26H45NO5. The van der Waals surface area contributed by atoms with E-state index in [0.29, 0.717) is 18.4 Å². The van der Waals surface area contributed by atoms with Crippen LogP contribution >= 0.6 is 0 Å². The summed E-state index contributed by atoms with van der Waals surface area (Å²) in [5, 5.41) is 11.5. The molecule has 1 saturated heterocycles. The maximum Gasteiger partial charge on any atom is 0.508 e. The molecule has 184 valence electrons. The van der Waals surface area contributed by atoms with E-state index in [9.17, 15) is 9.90 Å². The minimum Gasteiger partial charge on any atom is -0.433 e. The predicted molar refractivity (Wildman–Crippen MR) is 123 cm³/mol. The number of rotatable bonds is 6. The smallest absolute Gasteiger partial charge is 0.433 e. The number of hydrogen-bond donors (Lipinski definition) is 1. The van der Waals surface area contributed by atoms with E-state index < -0.39 is 11.8 Å². The van der Waals surface area contributed by atoms with Gasteiger partial charge in [0.05, 0.1) is 18.8 Å². The number of ether oxygens (including phenoxy) is 3. The average molecular weight is 452 g/mol. The number of aliphatic hydroxyl groups is 1. The molecule has 0 radical (unpaired) electrons. The molecule has 0 aromatic heterocycles. The van der Waals surface area contributed by atoms with Crippen molar-refractivity contribution in [3.63, 3.8) is 0 Å². The van der Waals surface area contributed by atoms with Gasteiger partial charge in [0.2, 0.25) is 0 Å². The fraction of sp³-hybridized carbons (Fsp3) is 0.962. The van der Waals surface area contributed by atoms with Crippen LogP contribution in [0, 0.1) is 22.7 Å². The monoisotopic (exact) mass is 451 g/mol. The van der Waals surface area contributed by atoms with Crippen molar-refractivity contribution in [1.29, 1.82) is 0 Å². The molecule has 0 unspecified atom stereocenters. The predicted octanol–water partition coefficient (Wildman–Crippen LogP) is 4.78. The Bertz CT molecular complexity index is 652. The Morgan fingerprint density at radius 1 is 1.12 bits per heavy atom. The zero-order valence-electron chi connectivity index (χ0n) is 20.6. The summed E-state index contributed by atoms with van der Waals surface area (Å²) in [5.41, 5.74) is -0.143. The number of carbonyl (C=O) groups is 1. The van der Waals surface area contributed by atoms with Crippen molar-refractivity contribution in [3.05, 3.63) is 0 Å². The number of nitrogens with zero attached hydrogens (tertiary/aromatic N) is 1. The SMILES string of the molecule is CC[C@@H]1C[C@@H](OC(=O)OCCN2CCOCC2)CC[C@]1(C)[C@H]1CC[C@]2(C)CCC[C@]2(O)C1. The first-order valence-corrected chi connectivity index (χ1v) is 13.1. The molecule has 6 nitrogen and oxygen atoms in total. The number of morpholine rings is 1. The van der Waals surface area contributed by atoms with Gasteiger partial charge in [0.1, 0.15) is 12.7 Å². The Labute approximate surface area is 194 Å². The molecule has 1 aliphatic heterocycles. The van der Waals surface area contributed by atoms with Crippen LogP contribution < -0.4 is 0 Å². The number of fused-ring (bicyclic) bond motifs is 1. The van der Waals surface area contributed by atoms with E-state index in [0.717, 1.165) is 84.2 Å². The van der Waals surface area contributed by atoms with Crippen molar-refractivity contribution in [3.8, 4) is 0 Å². The van der Waals surface area contributed by atoms with Crippen LogP contribution in [0.5, 0.6) is 0 Å². The molecule has 4 fully saturated rings. The van der Waals surface area contributed by atoms with Gasteiger partial charge in [-0.05, 0) is 80.5 Å². The van der Waals surface area contributed by atoms with E-state index in [1.165, 1.54) is 12.8 Å². The third-order valence-corrected chi connectivity index (χ3v) is 9.98. The first-order valence-electron chi connectivity index (χ1n) is 13.1. The van der Waals surface area contributed by atoms with Crippen LogP contribution in [0.1, 0.15) is 85.0 Å². The molecule has 4 aliphatic rings. The second kappa shape index (κ2) is 9.79. The lowest BCUT2D eigenvalue weighted by Gasteiger charge is -2.55. The fourth-order valence-corrected chi connectivity index (χ4v) is 7.49. The van der Waals surface area contributed by atoms with Gasteiger partial charge in [0.15, 0.2) is 0 Å².